The van der Waals surface area contributed by atoms with E-state index in [1.165, 1.54) is 4.88 Å². The highest BCUT2D eigenvalue weighted by Gasteiger charge is 2.06. The van der Waals surface area contributed by atoms with Crippen molar-refractivity contribution in [1.82, 2.24) is 15.2 Å². The van der Waals surface area contributed by atoms with Gasteiger partial charge in [0, 0.05) is 40.4 Å². The molecule has 0 saturated heterocycles. The number of nitrogens with zero attached hydrogens (tertiary/aromatic N) is 2. The van der Waals surface area contributed by atoms with Crippen molar-refractivity contribution in [3.8, 4) is 0 Å². The molecule has 5 heteroatoms. The maximum atomic E-state index is 4.72. The number of hydrogen-bond acceptors (Lipinski definition) is 4. The van der Waals surface area contributed by atoms with E-state index in [1.54, 1.807) is 11.3 Å². The molecule has 0 atom stereocenters. The zero-order valence-electron chi connectivity index (χ0n) is 12.8. The lowest BCUT2D eigenvalue weighted by atomic mass is 10.2. The van der Waals surface area contributed by atoms with Gasteiger partial charge in [0.05, 0.1) is 11.4 Å². The Balaban J connectivity index is 1.91. The summed E-state index contributed by atoms with van der Waals surface area (Å²) in [5, 5.41) is 5.53. The van der Waals surface area contributed by atoms with Crippen LogP contribution in [0.3, 0.4) is 0 Å². The minimum Gasteiger partial charge on any atom is -0.309 e. The van der Waals surface area contributed by atoms with Gasteiger partial charge in [-0.25, -0.2) is 0 Å². The minimum absolute atomic E-state index is 0.482. The molecule has 2 rings (SSSR count). The first-order valence-electron chi connectivity index (χ1n) is 7.12. The number of halogens is 1. The average Bonchev–Trinajstić information content (AvgIpc) is 2.82. The number of nitrogens with one attached hydrogen (secondary N) is 1. The van der Waals surface area contributed by atoms with Crippen LogP contribution in [0.4, 0.5) is 0 Å². The number of pyridine rings is 1. The summed E-state index contributed by atoms with van der Waals surface area (Å²) in [5.41, 5.74) is 2.23. The molecule has 0 fully saturated rings. The predicted molar refractivity (Wildman–Crippen MR) is 93.4 cm³/mol. The first-order chi connectivity index (χ1) is 10.0. The third-order valence-electron chi connectivity index (χ3n) is 3.04. The average molecular weight is 368 g/mol. The second kappa shape index (κ2) is 8.03. The van der Waals surface area contributed by atoms with Gasteiger partial charge in [-0.05, 0) is 41.2 Å². The van der Waals surface area contributed by atoms with Crippen molar-refractivity contribution in [1.29, 1.82) is 0 Å². The lowest BCUT2D eigenvalue weighted by Crippen LogP contribution is -2.23. The maximum absolute atomic E-state index is 4.72. The number of aromatic nitrogens is 1. The minimum atomic E-state index is 0.482. The molecule has 0 spiro atoms. The third-order valence-corrected chi connectivity index (χ3v) is 4.72. The highest BCUT2D eigenvalue weighted by Crippen LogP contribution is 2.21. The van der Waals surface area contributed by atoms with Crippen molar-refractivity contribution in [2.75, 3.05) is 7.05 Å². The van der Waals surface area contributed by atoms with Crippen molar-refractivity contribution in [2.24, 2.45) is 0 Å². The molecule has 114 valence electrons. The first-order valence-corrected chi connectivity index (χ1v) is 8.80. The van der Waals surface area contributed by atoms with Crippen LogP contribution < -0.4 is 5.32 Å². The van der Waals surface area contributed by atoms with Crippen LogP contribution in [0.1, 0.15) is 30.1 Å². The summed E-state index contributed by atoms with van der Waals surface area (Å²) in [6, 6.07) is 8.93. The Morgan fingerprint density at radius 2 is 2.05 bits per heavy atom. The van der Waals surface area contributed by atoms with Gasteiger partial charge in [0.2, 0.25) is 0 Å². The standard InChI is InChI=1S/C16H22BrN3S/c1-12(2)18-8-14-5-4-6-15(19-14)9-20(3)10-16-7-13(17)11-21-16/h4-7,11-12,18H,8-10H2,1-3H3. The topological polar surface area (TPSA) is 28.2 Å². The quantitative estimate of drug-likeness (QED) is 0.800. The molecule has 0 saturated carbocycles. The van der Waals surface area contributed by atoms with E-state index in [9.17, 15) is 0 Å². The summed E-state index contributed by atoms with van der Waals surface area (Å²) in [7, 11) is 2.13. The van der Waals surface area contributed by atoms with E-state index < -0.39 is 0 Å². The largest absolute Gasteiger partial charge is 0.309 e. The molecule has 0 amide bonds. The van der Waals surface area contributed by atoms with Gasteiger partial charge in [-0.1, -0.05) is 19.9 Å². The zero-order valence-corrected chi connectivity index (χ0v) is 15.2. The van der Waals surface area contributed by atoms with Gasteiger partial charge < -0.3 is 5.32 Å². The number of thiophene rings is 1. The van der Waals surface area contributed by atoms with Crippen LogP contribution in [-0.2, 0) is 19.6 Å². The van der Waals surface area contributed by atoms with E-state index in [-0.39, 0.29) is 0 Å². The van der Waals surface area contributed by atoms with Crippen LogP contribution in [0.2, 0.25) is 0 Å². The highest BCUT2D eigenvalue weighted by molar-refractivity contribution is 9.10. The van der Waals surface area contributed by atoms with Crippen molar-refractivity contribution < 1.29 is 0 Å². The normalized spacial score (nSPS) is 11.5. The van der Waals surface area contributed by atoms with Crippen molar-refractivity contribution >= 4 is 27.3 Å². The lowest BCUT2D eigenvalue weighted by molar-refractivity contribution is 0.317. The van der Waals surface area contributed by atoms with Crippen LogP contribution in [0.15, 0.2) is 34.1 Å². The number of hydrogen-bond donors (Lipinski definition) is 1. The summed E-state index contributed by atoms with van der Waals surface area (Å²) in [4.78, 5) is 8.38. The van der Waals surface area contributed by atoms with Crippen molar-refractivity contribution in [3.05, 3.63) is 50.4 Å². The third kappa shape index (κ3) is 5.87. The van der Waals surface area contributed by atoms with E-state index in [2.05, 4.69) is 76.7 Å². The van der Waals surface area contributed by atoms with Crippen molar-refractivity contribution in [2.45, 2.75) is 39.5 Å². The van der Waals surface area contributed by atoms with Crippen LogP contribution in [0.25, 0.3) is 0 Å². The SMILES string of the molecule is CC(C)NCc1cccc(CN(C)Cc2cc(Br)cs2)n1. The zero-order chi connectivity index (χ0) is 15.2. The van der Waals surface area contributed by atoms with Gasteiger partial charge in [0.1, 0.15) is 0 Å². The van der Waals surface area contributed by atoms with Gasteiger partial charge in [0.15, 0.2) is 0 Å². The first kappa shape index (κ1) is 16.6. The van der Waals surface area contributed by atoms with Crippen molar-refractivity contribution in [3.63, 3.8) is 0 Å². The summed E-state index contributed by atoms with van der Waals surface area (Å²) in [6.07, 6.45) is 0. The fourth-order valence-electron chi connectivity index (χ4n) is 2.06. The maximum Gasteiger partial charge on any atom is 0.0547 e. The van der Waals surface area contributed by atoms with Gasteiger partial charge in [0.25, 0.3) is 0 Å². The molecule has 3 nitrogen and oxygen atoms in total. The molecule has 2 heterocycles. The molecule has 21 heavy (non-hydrogen) atoms. The second-order valence-corrected chi connectivity index (χ2v) is 7.47. The number of rotatable bonds is 7. The molecular formula is C16H22BrN3S. The second-order valence-electron chi connectivity index (χ2n) is 5.56. The van der Waals surface area contributed by atoms with Crippen LogP contribution in [-0.4, -0.2) is 23.0 Å². The molecule has 0 unspecified atom stereocenters. The Kier molecular flexibility index (Phi) is 6.36. The summed E-state index contributed by atoms with van der Waals surface area (Å²) >= 11 is 5.28. The van der Waals surface area contributed by atoms with E-state index in [1.807, 2.05) is 0 Å². The molecule has 1 N–H and O–H groups in total. The van der Waals surface area contributed by atoms with E-state index in [0.29, 0.717) is 6.04 Å². The highest BCUT2D eigenvalue weighted by atomic mass is 79.9. The summed E-state index contributed by atoms with van der Waals surface area (Å²) in [5.74, 6) is 0. The molecule has 0 aliphatic heterocycles. The molecule has 2 aromatic heterocycles. The molecule has 0 radical (unpaired) electrons. The Morgan fingerprint density at radius 3 is 2.71 bits per heavy atom. The van der Waals surface area contributed by atoms with Crippen LogP contribution in [0.5, 0.6) is 0 Å². The molecule has 2 aromatic rings. The van der Waals surface area contributed by atoms with Gasteiger partial charge in [-0.3, -0.25) is 9.88 Å². The lowest BCUT2D eigenvalue weighted by Gasteiger charge is -2.16. The molecule has 0 aliphatic rings. The molecule has 0 bridgehead atoms. The summed E-state index contributed by atoms with van der Waals surface area (Å²) in [6.45, 7) is 6.94. The van der Waals surface area contributed by atoms with E-state index in [4.69, 9.17) is 4.98 Å². The monoisotopic (exact) mass is 367 g/mol. The fraction of sp³-hybridized carbons (Fsp3) is 0.438. The Labute approximate surface area is 139 Å². The van der Waals surface area contributed by atoms with Crippen LogP contribution >= 0.6 is 27.3 Å². The van der Waals surface area contributed by atoms with Gasteiger partial charge in [-0.2, -0.15) is 0 Å². The van der Waals surface area contributed by atoms with Gasteiger partial charge in [-0.15, -0.1) is 11.3 Å². The predicted octanol–water partition coefficient (Wildman–Crippen LogP) is 4.04. The smallest absolute Gasteiger partial charge is 0.0547 e. The molecule has 0 aliphatic carbocycles. The molecule has 0 aromatic carbocycles. The Morgan fingerprint density at radius 1 is 1.29 bits per heavy atom. The van der Waals surface area contributed by atoms with Crippen LogP contribution in [0, 0.1) is 0 Å². The Hall–Kier alpha value is -0.750. The van der Waals surface area contributed by atoms with E-state index in [0.717, 1.165) is 35.5 Å². The van der Waals surface area contributed by atoms with E-state index >= 15 is 0 Å². The van der Waals surface area contributed by atoms with Gasteiger partial charge >= 0.3 is 0 Å². The summed E-state index contributed by atoms with van der Waals surface area (Å²) < 4.78 is 1.16. The Bertz CT molecular complexity index is 568. The fourth-order valence-corrected chi connectivity index (χ4v) is 3.59. The molecular weight excluding hydrogens is 346 g/mol.